The van der Waals surface area contributed by atoms with Crippen LogP contribution in [0.15, 0.2) is 24.0 Å². The molecule has 1 aromatic rings. The lowest BCUT2D eigenvalue weighted by atomic mass is 9.67. The number of phenolic OH excluding ortho intramolecular Hbond substituents is 2. The highest BCUT2D eigenvalue weighted by molar-refractivity contribution is 5.49. The predicted octanol–water partition coefficient (Wildman–Crippen LogP) is 5.69. The molecule has 0 spiro atoms. The first kappa shape index (κ1) is 17.8. The van der Waals surface area contributed by atoms with E-state index in [4.69, 9.17) is 0 Å². The number of benzene rings is 1. The lowest BCUT2D eigenvalue weighted by Gasteiger charge is -2.38. The molecule has 0 radical (unpaired) electrons. The quantitative estimate of drug-likeness (QED) is 0.748. The summed E-state index contributed by atoms with van der Waals surface area (Å²) in [5, 5.41) is 21.0. The van der Waals surface area contributed by atoms with E-state index < -0.39 is 0 Å². The smallest absolute Gasteiger partial charge is 0.123 e. The molecule has 2 nitrogen and oxygen atoms in total. The van der Waals surface area contributed by atoms with Crippen LogP contribution in [0.3, 0.4) is 0 Å². The van der Waals surface area contributed by atoms with E-state index in [0.29, 0.717) is 29.7 Å². The Morgan fingerprint density at radius 3 is 2.39 bits per heavy atom. The number of hydrogen-bond donors (Lipinski definition) is 2. The lowest BCUT2D eigenvalue weighted by Crippen LogP contribution is -2.26. The summed E-state index contributed by atoms with van der Waals surface area (Å²) < 4.78 is 12.9. The zero-order valence-electron chi connectivity index (χ0n) is 14.6. The van der Waals surface area contributed by atoms with Crippen molar-refractivity contribution in [3.63, 3.8) is 0 Å². The molecule has 0 aliphatic heterocycles. The standard InChI is InChI=1S/C20H29FO2/c1-12(2)16-8-5-13(3)9-17(16)20-18(22)10-15(11-19(20)23)7-6-14(4)21/h6,10-13,16-17,22-23H,5,7-9H2,1-4H3/b14-6-. The maximum atomic E-state index is 12.9. The van der Waals surface area contributed by atoms with Gasteiger partial charge in [-0.15, -0.1) is 0 Å². The molecule has 3 atom stereocenters. The summed E-state index contributed by atoms with van der Waals surface area (Å²) >= 11 is 0. The molecule has 23 heavy (non-hydrogen) atoms. The normalized spacial score (nSPS) is 25.8. The SMILES string of the molecule is C/C(F)=C/Cc1cc(O)c(C2CC(C)CCC2C(C)C)c(O)c1. The largest absolute Gasteiger partial charge is 0.508 e. The lowest BCUT2D eigenvalue weighted by molar-refractivity contribution is 0.192. The van der Waals surface area contributed by atoms with Gasteiger partial charge in [-0.05, 0) is 73.6 Å². The third kappa shape index (κ3) is 4.27. The molecular weight excluding hydrogens is 291 g/mol. The Kier molecular flexibility index (Phi) is 5.72. The maximum Gasteiger partial charge on any atom is 0.123 e. The van der Waals surface area contributed by atoms with Gasteiger partial charge in [0.25, 0.3) is 0 Å². The van der Waals surface area contributed by atoms with Crippen LogP contribution in [0.25, 0.3) is 0 Å². The van der Waals surface area contributed by atoms with E-state index in [1.165, 1.54) is 19.4 Å². The maximum absolute atomic E-state index is 12.9. The van der Waals surface area contributed by atoms with Crippen molar-refractivity contribution in [1.82, 2.24) is 0 Å². The van der Waals surface area contributed by atoms with Gasteiger partial charge < -0.3 is 10.2 Å². The van der Waals surface area contributed by atoms with E-state index in [1.54, 1.807) is 12.1 Å². The van der Waals surface area contributed by atoms with Crippen LogP contribution >= 0.6 is 0 Å². The van der Waals surface area contributed by atoms with Crippen molar-refractivity contribution < 1.29 is 14.6 Å². The molecule has 3 unspecified atom stereocenters. The number of hydrogen-bond acceptors (Lipinski definition) is 2. The van der Waals surface area contributed by atoms with Gasteiger partial charge in [-0.2, -0.15) is 0 Å². The van der Waals surface area contributed by atoms with Crippen molar-refractivity contribution in [2.75, 3.05) is 0 Å². The van der Waals surface area contributed by atoms with Crippen molar-refractivity contribution in [3.05, 3.63) is 35.2 Å². The fourth-order valence-corrected chi connectivity index (χ4v) is 3.97. The van der Waals surface area contributed by atoms with E-state index in [0.717, 1.165) is 18.4 Å². The van der Waals surface area contributed by atoms with Crippen molar-refractivity contribution in [1.29, 1.82) is 0 Å². The van der Waals surface area contributed by atoms with Crippen LogP contribution in [0.1, 0.15) is 64.0 Å². The van der Waals surface area contributed by atoms with Crippen molar-refractivity contribution in [3.8, 4) is 11.5 Å². The summed E-state index contributed by atoms with van der Waals surface area (Å²) in [4.78, 5) is 0. The number of halogens is 1. The Morgan fingerprint density at radius 1 is 1.26 bits per heavy atom. The van der Waals surface area contributed by atoms with E-state index >= 15 is 0 Å². The predicted molar refractivity (Wildman–Crippen MR) is 92.4 cm³/mol. The minimum atomic E-state index is -0.256. The Balaban J connectivity index is 2.35. The average Bonchev–Trinajstić information content (AvgIpc) is 2.44. The minimum absolute atomic E-state index is 0.148. The molecule has 2 rings (SSSR count). The summed E-state index contributed by atoms with van der Waals surface area (Å²) in [6.07, 6.45) is 5.16. The Hall–Kier alpha value is -1.51. The average molecular weight is 320 g/mol. The van der Waals surface area contributed by atoms with Gasteiger partial charge >= 0.3 is 0 Å². The molecule has 0 aromatic heterocycles. The summed E-state index contributed by atoms with van der Waals surface area (Å²) in [6, 6.07) is 3.34. The number of phenols is 2. The number of aromatic hydroxyl groups is 2. The molecule has 0 heterocycles. The molecule has 128 valence electrons. The second-order valence-corrected chi connectivity index (χ2v) is 7.48. The third-order valence-corrected chi connectivity index (χ3v) is 5.21. The summed E-state index contributed by atoms with van der Waals surface area (Å²) in [7, 11) is 0. The van der Waals surface area contributed by atoms with Gasteiger partial charge in [0.2, 0.25) is 0 Å². The number of allylic oxidation sites excluding steroid dienone is 2. The first-order valence-corrected chi connectivity index (χ1v) is 8.66. The van der Waals surface area contributed by atoms with Crippen LogP contribution in [-0.2, 0) is 6.42 Å². The van der Waals surface area contributed by atoms with Gasteiger partial charge in [-0.3, -0.25) is 0 Å². The fourth-order valence-electron chi connectivity index (χ4n) is 3.97. The molecular formula is C20H29FO2. The van der Waals surface area contributed by atoms with Crippen LogP contribution in [0.5, 0.6) is 11.5 Å². The molecule has 1 aliphatic rings. The van der Waals surface area contributed by atoms with Gasteiger partial charge in [0.1, 0.15) is 11.5 Å². The molecule has 0 bridgehead atoms. The Morgan fingerprint density at radius 2 is 1.87 bits per heavy atom. The van der Waals surface area contributed by atoms with E-state index in [9.17, 15) is 14.6 Å². The molecule has 0 saturated heterocycles. The van der Waals surface area contributed by atoms with Gasteiger partial charge in [0.05, 0.1) is 5.83 Å². The fraction of sp³-hybridized carbons (Fsp3) is 0.600. The summed E-state index contributed by atoms with van der Waals surface area (Å²) in [5.41, 5.74) is 1.41. The summed E-state index contributed by atoms with van der Waals surface area (Å²) in [6.45, 7) is 8.06. The van der Waals surface area contributed by atoms with Crippen LogP contribution in [0.4, 0.5) is 4.39 Å². The highest BCUT2D eigenvalue weighted by Crippen LogP contribution is 2.49. The minimum Gasteiger partial charge on any atom is -0.508 e. The topological polar surface area (TPSA) is 40.5 Å². The molecule has 1 fully saturated rings. The van der Waals surface area contributed by atoms with Gasteiger partial charge in [0, 0.05) is 5.56 Å². The molecule has 1 aliphatic carbocycles. The first-order chi connectivity index (χ1) is 10.8. The van der Waals surface area contributed by atoms with Crippen molar-refractivity contribution >= 4 is 0 Å². The molecule has 1 saturated carbocycles. The van der Waals surface area contributed by atoms with E-state index in [2.05, 4.69) is 20.8 Å². The zero-order chi connectivity index (χ0) is 17.1. The molecule has 0 amide bonds. The Labute approximate surface area is 139 Å². The third-order valence-electron chi connectivity index (χ3n) is 5.21. The Bertz CT molecular complexity index is 550. The van der Waals surface area contributed by atoms with Crippen LogP contribution < -0.4 is 0 Å². The summed E-state index contributed by atoms with van der Waals surface area (Å²) in [5.74, 6) is 1.82. The van der Waals surface area contributed by atoms with Gasteiger partial charge in [0.15, 0.2) is 0 Å². The molecule has 2 N–H and O–H groups in total. The highest BCUT2D eigenvalue weighted by Gasteiger charge is 2.34. The van der Waals surface area contributed by atoms with Gasteiger partial charge in [-0.25, -0.2) is 4.39 Å². The van der Waals surface area contributed by atoms with E-state index in [1.807, 2.05) is 0 Å². The molecule has 3 heteroatoms. The second kappa shape index (κ2) is 7.37. The second-order valence-electron chi connectivity index (χ2n) is 7.48. The van der Waals surface area contributed by atoms with E-state index in [-0.39, 0.29) is 23.2 Å². The van der Waals surface area contributed by atoms with Crippen LogP contribution in [-0.4, -0.2) is 10.2 Å². The first-order valence-electron chi connectivity index (χ1n) is 8.66. The van der Waals surface area contributed by atoms with Crippen molar-refractivity contribution in [2.24, 2.45) is 17.8 Å². The van der Waals surface area contributed by atoms with Crippen LogP contribution in [0.2, 0.25) is 0 Å². The van der Waals surface area contributed by atoms with Crippen molar-refractivity contribution in [2.45, 2.75) is 59.3 Å². The monoisotopic (exact) mass is 320 g/mol. The zero-order valence-corrected chi connectivity index (χ0v) is 14.6. The van der Waals surface area contributed by atoms with Gasteiger partial charge in [-0.1, -0.05) is 27.2 Å². The number of rotatable bonds is 4. The molecule has 1 aromatic carbocycles. The highest BCUT2D eigenvalue weighted by atomic mass is 19.1. The van der Waals surface area contributed by atoms with Crippen LogP contribution in [0, 0.1) is 17.8 Å².